The van der Waals surface area contributed by atoms with Crippen molar-refractivity contribution in [2.75, 3.05) is 31.2 Å². The lowest BCUT2D eigenvalue weighted by atomic mass is 10.0. The number of morpholine rings is 1. The maximum atomic E-state index is 13.4. The van der Waals surface area contributed by atoms with Crippen molar-refractivity contribution in [1.29, 1.82) is 0 Å². The van der Waals surface area contributed by atoms with Crippen LogP contribution in [0.2, 0.25) is 0 Å². The second-order valence-electron chi connectivity index (χ2n) is 7.30. The van der Waals surface area contributed by atoms with Gasteiger partial charge < -0.3 is 23.9 Å². The fourth-order valence-corrected chi connectivity index (χ4v) is 4.30. The predicted molar refractivity (Wildman–Crippen MR) is 118 cm³/mol. The van der Waals surface area contributed by atoms with Gasteiger partial charge in [-0.1, -0.05) is 0 Å². The molecule has 9 heteroatoms. The molecule has 0 bridgehead atoms. The SMILES string of the molecule is O=C(O)c1c(-c2ccc(F)cc2)oc2cc(N3CCOCC3)c(OCc3cscn3)cc12. The largest absolute Gasteiger partial charge is 0.485 e. The number of ether oxygens (including phenoxy) is 2. The zero-order chi connectivity index (χ0) is 22.1. The third-order valence-electron chi connectivity index (χ3n) is 5.30. The number of carboxylic acids is 1. The Morgan fingerprint density at radius 3 is 2.69 bits per heavy atom. The van der Waals surface area contributed by atoms with E-state index < -0.39 is 11.8 Å². The Morgan fingerprint density at radius 2 is 2.00 bits per heavy atom. The number of nitrogens with zero attached hydrogens (tertiary/aromatic N) is 2. The number of aromatic carboxylic acids is 1. The molecule has 3 heterocycles. The van der Waals surface area contributed by atoms with Crippen LogP contribution in [-0.2, 0) is 11.3 Å². The zero-order valence-corrected chi connectivity index (χ0v) is 17.7. The fourth-order valence-electron chi connectivity index (χ4n) is 3.76. The Kier molecular flexibility index (Phi) is 5.50. The molecule has 1 saturated heterocycles. The maximum Gasteiger partial charge on any atom is 0.340 e. The normalized spacial score (nSPS) is 14.1. The van der Waals surface area contributed by atoms with Crippen LogP contribution < -0.4 is 9.64 Å². The first-order chi connectivity index (χ1) is 15.6. The van der Waals surface area contributed by atoms with Gasteiger partial charge in [-0.25, -0.2) is 14.2 Å². The Morgan fingerprint density at radius 1 is 1.22 bits per heavy atom. The Labute approximate surface area is 186 Å². The van der Waals surface area contributed by atoms with Crippen molar-refractivity contribution in [3.8, 4) is 17.1 Å². The van der Waals surface area contributed by atoms with Gasteiger partial charge in [0.25, 0.3) is 0 Å². The lowest BCUT2D eigenvalue weighted by molar-refractivity contribution is 0.0699. The molecule has 5 rings (SSSR count). The standard InChI is InChI=1S/C23H19FN2O5S/c24-15-3-1-14(2-4-15)22-21(23(27)28)17-9-20(30-11-16-12-32-13-25-16)18(10-19(17)31-22)26-5-7-29-8-6-26/h1-4,9-10,12-13H,5-8,11H2,(H,27,28). The molecule has 2 aromatic carbocycles. The van der Waals surface area contributed by atoms with Crippen LogP contribution in [0.1, 0.15) is 16.1 Å². The minimum Gasteiger partial charge on any atom is -0.485 e. The van der Waals surface area contributed by atoms with E-state index in [0.717, 1.165) is 11.4 Å². The van der Waals surface area contributed by atoms with E-state index in [1.165, 1.54) is 35.6 Å². The quantitative estimate of drug-likeness (QED) is 0.448. The summed E-state index contributed by atoms with van der Waals surface area (Å²) >= 11 is 1.48. The van der Waals surface area contributed by atoms with Gasteiger partial charge in [-0.3, -0.25) is 0 Å². The van der Waals surface area contributed by atoms with E-state index in [-0.39, 0.29) is 17.9 Å². The second-order valence-corrected chi connectivity index (χ2v) is 8.02. The number of rotatable bonds is 6. The molecule has 2 aromatic heterocycles. The molecule has 0 saturated carbocycles. The number of hydrogen-bond acceptors (Lipinski definition) is 7. The molecule has 1 aliphatic rings. The minimum atomic E-state index is -1.13. The van der Waals surface area contributed by atoms with E-state index in [1.807, 2.05) is 5.38 Å². The summed E-state index contributed by atoms with van der Waals surface area (Å²) in [7, 11) is 0. The molecule has 0 amide bonds. The average Bonchev–Trinajstić information content (AvgIpc) is 3.45. The molecule has 32 heavy (non-hydrogen) atoms. The average molecular weight is 454 g/mol. The number of aromatic nitrogens is 1. The van der Waals surface area contributed by atoms with Crippen LogP contribution in [0, 0.1) is 5.82 Å². The molecule has 1 N–H and O–H groups in total. The van der Waals surface area contributed by atoms with Crippen LogP contribution in [0.25, 0.3) is 22.3 Å². The van der Waals surface area contributed by atoms with Crippen LogP contribution >= 0.6 is 11.3 Å². The number of halogens is 1. The highest BCUT2D eigenvalue weighted by Crippen LogP contribution is 2.41. The smallest absolute Gasteiger partial charge is 0.340 e. The van der Waals surface area contributed by atoms with Crippen LogP contribution in [0.4, 0.5) is 10.1 Å². The highest BCUT2D eigenvalue weighted by Gasteiger charge is 2.25. The van der Waals surface area contributed by atoms with Crippen LogP contribution in [0.15, 0.2) is 51.7 Å². The van der Waals surface area contributed by atoms with Crippen molar-refractivity contribution >= 4 is 34.0 Å². The van der Waals surface area contributed by atoms with Crippen molar-refractivity contribution in [2.24, 2.45) is 0 Å². The van der Waals surface area contributed by atoms with Crippen LogP contribution in [0.3, 0.4) is 0 Å². The molecule has 0 unspecified atom stereocenters. The summed E-state index contributed by atoms with van der Waals surface area (Å²) in [6.45, 7) is 2.79. The van der Waals surface area contributed by atoms with Crippen LogP contribution in [0.5, 0.6) is 5.75 Å². The Bertz CT molecular complexity index is 1250. The first-order valence-electron chi connectivity index (χ1n) is 10.0. The van der Waals surface area contributed by atoms with Gasteiger partial charge in [-0.05, 0) is 30.3 Å². The number of carboxylic acid groups (broad SMARTS) is 1. The molecule has 4 aromatic rings. The van der Waals surface area contributed by atoms with Gasteiger partial charge in [0.05, 0.1) is 30.1 Å². The summed E-state index contributed by atoms with van der Waals surface area (Å²) in [6.07, 6.45) is 0. The molecular weight excluding hydrogens is 435 g/mol. The third kappa shape index (κ3) is 3.92. The lowest BCUT2D eigenvalue weighted by Crippen LogP contribution is -2.36. The maximum absolute atomic E-state index is 13.4. The van der Waals surface area contributed by atoms with Crippen molar-refractivity contribution in [2.45, 2.75) is 6.61 Å². The van der Waals surface area contributed by atoms with E-state index in [9.17, 15) is 14.3 Å². The summed E-state index contributed by atoms with van der Waals surface area (Å²) in [5.41, 5.74) is 4.24. The van der Waals surface area contributed by atoms with E-state index in [0.29, 0.717) is 48.6 Å². The topological polar surface area (TPSA) is 85.0 Å². The van der Waals surface area contributed by atoms with E-state index in [1.54, 1.807) is 17.6 Å². The summed E-state index contributed by atoms with van der Waals surface area (Å²) in [5.74, 6) is -0.819. The number of furan rings is 1. The first-order valence-corrected chi connectivity index (χ1v) is 11.0. The van der Waals surface area contributed by atoms with Gasteiger partial charge in [-0.2, -0.15) is 0 Å². The fraction of sp³-hybridized carbons (Fsp3) is 0.217. The summed E-state index contributed by atoms with van der Waals surface area (Å²) in [5, 5.41) is 12.3. The van der Waals surface area contributed by atoms with Gasteiger partial charge in [0.1, 0.15) is 35.1 Å². The third-order valence-corrected chi connectivity index (χ3v) is 5.94. The van der Waals surface area contributed by atoms with Gasteiger partial charge in [0, 0.05) is 35.5 Å². The van der Waals surface area contributed by atoms with Crippen molar-refractivity contribution < 1.29 is 28.2 Å². The second kappa shape index (κ2) is 8.60. The van der Waals surface area contributed by atoms with E-state index in [2.05, 4.69) is 9.88 Å². The monoisotopic (exact) mass is 454 g/mol. The number of thiazole rings is 1. The number of anilines is 1. The first kappa shape index (κ1) is 20.5. The van der Waals surface area contributed by atoms with Crippen LogP contribution in [-0.4, -0.2) is 42.4 Å². The highest BCUT2D eigenvalue weighted by atomic mass is 32.1. The summed E-state index contributed by atoms with van der Waals surface area (Å²) in [6, 6.07) is 9.05. The zero-order valence-electron chi connectivity index (χ0n) is 16.9. The molecular formula is C23H19FN2O5S. The van der Waals surface area contributed by atoms with Gasteiger partial charge in [0.15, 0.2) is 0 Å². The molecule has 0 aliphatic carbocycles. The lowest BCUT2D eigenvalue weighted by Gasteiger charge is -2.30. The molecule has 1 fully saturated rings. The molecule has 7 nitrogen and oxygen atoms in total. The molecule has 164 valence electrons. The van der Waals surface area contributed by atoms with E-state index >= 15 is 0 Å². The van der Waals surface area contributed by atoms with Crippen molar-refractivity contribution in [3.63, 3.8) is 0 Å². The Hall–Kier alpha value is -3.43. The number of fused-ring (bicyclic) bond motifs is 1. The van der Waals surface area contributed by atoms with Gasteiger partial charge in [0.2, 0.25) is 0 Å². The molecule has 0 radical (unpaired) electrons. The Balaban J connectivity index is 1.64. The number of hydrogen-bond donors (Lipinski definition) is 1. The minimum absolute atomic E-state index is 0.0126. The summed E-state index contributed by atoms with van der Waals surface area (Å²) in [4.78, 5) is 18.5. The highest BCUT2D eigenvalue weighted by molar-refractivity contribution is 7.07. The number of benzene rings is 2. The van der Waals surface area contributed by atoms with E-state index in [4.69, 9.17) is 13.9 Å². The van der Waals surface area contributed by atoms with Gasteiger partial charge in [-0.15, -0.1) is 11.3 Å². The molecule has 1 aliphatic heterocycles. The molecule has 0 atom stereocenters. The van der Waals surface area contributed by atoms with Crippen molar-refractivity contribution in [3.05, 3.63) is 64.4 Å². The van der Waals surface area contributed by atoms with Crippen molar-refractivity contribution in [1.82, 2.24) is 4.98 Å². The predicted octanol–water partition coefficient (Wildman–Crippen LogP) is 4.81. The summed E-state index contributed by atoms with van der Waals surface area (Å²) < 4.78 is 30.9. The van der Waals surface area contributed by atoms with Gasteiger partial charge >= 0.3 is 5.97 Å². The molecule has 0 spiro atoms. The number of carbonyl (C=O) groups is 1.